The van der Waals surface area contributed by atoms with Crippen LogP contribution >= 0.6 is 0 Å². The van der Waals surface area contributed by atoms with Crippen LogP contribution in [0, 0.1) is 0 Å². The van der Waals surface area contributed by atoms with Crippen molar-refractivity contribution in [2.24, 2.45) is 0 Å². The molecule has 15 heavy (non-hydrogen) atoms. The van der Waals surface area contributed by atoms with Crippen molar-refractivity contribution in [2.45, 2.75) is 0 Å². The highest BCUT2D eigenvalue weighted by molar-refractivity contribution is 5.84. The van der Waals surface area contributed by atoms with Gasteiger partial charge in [0.25, 0.3) is 5.56 Å². The lowest BCUT2D eigenvalue weighted by molar-refractivity contribution is 1.34. The molecular weight excluding hydrogens is 186 g/mol. The fourth-order valence-electron chi connectivity index (χ4n) is 1.76. The van der Waals surface area contributed by atoms with Crippen LogP contribution in [0.4, 0.5) is 0 Å². The summed E-state index contributed by atoms with van der Waals surface area (Å²) < 4.78 is 0. The predicted molar refractivity (Wildman–Crippen MR) is 62.1 cm³/mol. The molecule has 0 saturated heterocycles. The van der Waals surface area contributed by atoms with Crippen molar-refractivity contribution in [2.75, 3.05) is 0 Å². The maximum absolute atomic E-state index is 11.7. The summed E-state index contributed by atoms with van der Waals surface area (Å²) in [7, 11) is 0. The SMILES string of the molecule is O=c1[nH]c2ccc(cc2)c2ccc1cc2. The van der Waals surface area contributed by atoms with Crippen molar-refractivity contribution in [3.8, 4) is 0 Å². The third kappa shape index (κ3) is 1.31. The van der Waals surface area contributed by atoms with Gasteiger partial charge in [-0.05, 0) is 35.0 Å². The number of hydrogen-bond acceptors (Lipinski definition) is 1. The molecule has 0 fully saturated rings. The Labute approximate surface area is 86.2 Å². The first-order valence-electron chi connectivity index (χ1n) is 4.85. The number of nitrogens with one attached hydrogen (secondary N) is 1. The van der Waals surface area contributed by atoms with Crippen molar-refractivity contribution >= 4 is 21.7 Å². The summed E-state index contributed by atoms with van der Waals surface area (Å²) >= 11 is 0. The number of rotatable bonds is 0. The summed E-state index contributed by atoms with van der Waals surface area (Å²) in [6, 6.07) is 15.5. The normalized spacial score (nSPS) is 10.9. The van der Waals surface area contributed by atoms with Crippen molar-refractivity contribution in [3.63, 3.8) is 0 Å². The first kappa shape index (κ1) is 8.24. The van der Waals surface area contributed by atoms with E-state index in [0.29, 0.717) is 5.39 Å². The standard InChI is InChI=1S/C13H9NO/c15-13-11-3-1-9(2-4-11)10-5-7-12(14-13)8-6-10/h1-8H,(H,14,15). The zero-order valence-corrected chi connectivity index (χ0v) is 8.03. The average molecular weight is 195 g/mol. The fraction of sp³-hybridized carbons (Fsp3) is 0. The second kappa shape index (κ2) is 2.95. The number of benzene rings is 2. The van der Waals surface area contributed by atoms with E-state index < -0.39 is 0 Å². The van der Waals surface area contributed by atoms with Crippen LogP contribution in [0.25, 0.3) is 21.7 Å². The smallest absolute Gasteiger partial charge is 0.255 e. The Morgan fingerprint density at radius 1 is 0.667 bits per heavy atom. The highest BCUT2D eigenvalue weighted by Gasteiger charge is 1.94. The molecule has 72 valence electrons. The number of hydrogen-bond donors (Lipinski definition) is 1. The molecule has 0 aliphatic heterocycles. The highest BCUT2D eigenvalue weighted by Crippen LogP contribution is 2.13. The molecule has 0 spiro atoms. The molecule has 0 atom stereocenters. The lowest BCUT2D eigenvalue weighted by atomic mass is 10.1. The Bertz CT molecular complexity index is 657. The molecule has 0 aliphatic rings. The molecule has 2 heteroatoms. The molecule has 2 aromatic carbocycles. The molecule has 6 aromatic rings. The monoisotopic (exact) mass is 195 g/mol. The van der Waals surface area contributed by atoms with Crippen LogP contribution < -0.4 is 5.56 Å². The Hall–Kier alpha value is -2.09. The van der Waals surface area contributed by atoms with Crippen LogP contribution in [0.15, 0.2) is 53.3 Å². The summed E-state index contributed by atoms with van der Waals surface area (Å²) in [5, 5.41) is 3.00. The Balaban J connectivity index is 2.69. The Morgan fingerprint density at radius 2 is 1.13 bits per heavy atom. The van der Waals surface area contributed by atoms with Gasteiger partial charge in [-0.1, -0.05) is 24.3 Å². The summed E-state index contributed by atoms with van der Waals surface area (Å²) in [4.78, 5) is 14.6. The molecule has 0 unspecified atom stereocenters. The van der Waals surface area contributed by atoms with Crippen molar-refractivity contribution in [1.29, 1.82) is 0 Å². The molecule has 2 nitrogen and oxygen atoms in total. The van der Waals surface area contributed by atoms with E-state index in [1.54, 1.807) is 0 Å². The van der Waals surface area contributed by atoms with E-state index in [-0.39, 0.29) is 5.56 Å². The maximum atomic E-state index is 11.7. The molecule has 6 rings (SSSR count). The molecule has 0 saturated carbocycles. The van der Waals surface area contributed by atoms with Crippen LogP contribution in [0.1, 0.15) is 0 Å². The van der Waals surface area contributed by atoms with E-state index in [4.69, 9.17) is 0 Å². The van der Waals surface area contributed by atoms with Gasteiger partial charge in [-0.15, -0.1) is 0 Å². The summed E-state index contributed by atoms with van der Waals surface area (Å²) in [5.41, 5.74) is 0.780. The van der Waals surface area contributed by atoms with Gasteiger partial charge in [0.2, 0.25) is 0 Å². The van der Waals surface area contributed by atoms with Crippen LogP contribution in [0.3, 0.4) is 0 Å². The molecule has 1 N–H and O–H groups in total. The molecule has 0 radical (unpaired) electrons. The summed E-state index contributed by atoms with van der Waals surface area (Å²) in [5.74, 6) is 0. The second-order valence-electron chi connectivity index (χ2n) is 3.61. The fourth-order valence-corrected chi connectivity index (χ4v) is 1.76. The van der Waals surface area contributed by atoms with Gasteiger partial charge in [-0.3, -0.25) is 4.79 Å². The number of aromatic amines is 1. The zero-order valence-electron chi connectivity index (χ0n) is 8.03. The first-order chi connectivity index (χ1) is 7.33. The van der Waals surface area contributed by atoms with Gasteiger partial charge >= 0.3 is 0 Å². The van der Waals surface area contributed by atoms with Crippen LogP contribution in [-0.2, 0) is 0 Å². The van der Waals surface area contributed by atoms with E-state index in [1.165, 1.54) is 5.39 Å². The Morgan fingerprint density at radius 3 is 1.73 bits per heavy atom. The summed E-state index contributed by atoms with van der Waals surface area (Å²) in [6.07, 6.45) is 0. The van der Waals surface area contributed by atoms with Crippen LogP contribution in [0.2, 0.25) is 0 Å². The molecule has 4 bridgehead atoms. The largest absolute Gasteiger partial charge is 0.322 e. The lowest BCUT2D eigenvalue weighted by Gasteiger charge is -1.96. The maximum Gasteiger partial charge on any atom is 0.255 e. The summed E-state index contributed by atoms with van der Waals surface area (Å²) in [6.45, 7) is 0. The quantitative estimate of drug-likeness (QED) is 0.587. The minimum Gasteiger partial charge on any atom is -0.322 e. The highest BCUT2D eigenvalue weighted by atomic mass is 16.1. The average Bonchev–Trinajstić information content (AvgIpc) is 2.31. The minimum atomic E-state index is -0.0591. The molecule has 0 amide bonds. The topological polar surface area (TPSA) is 32.9 Å². The Kier molecular flexibility index (Phi) is 1.62. The van der Waals surface area contributed by atoms with Gasteiger partial charge in [0.1, 0.15) is 0 Å². The van der Waals surface area contributed by atoms with Gasteiger partial charge in [0, 0.05) is 10.9 Å². The lowest BCUT2D eigenvalue weighted by Crippen LogP contribution is -2.02. The van der Waals surface area contributed by atoms with E-state index in [2.05, 4.69) is 4.98 Å². The third-order valence-electron chi connectivity index (χ3n) is 2.62. The molecular formula is C13H9NO. The van der Waals surface area contributed by atoms with Gasteiger partial charge in [-0.25, -0.2) is 0 Å². The van der Waals surface area contributed by atoms with Crippen molar-refractivity contribution in [1.82, 2.24) is 4.98 Å². The van der Waals surface area contributed by atoms with E-state index in [9.17, 15) is 4.79 Å². The predicted octanol–water partition coefficient (Wildman–Crippen LogP) is 2.68. The van der Waals surface area contributed by atoms with E-state index >= 15 is 0 Å². The second-order valence-corrected chi connectivity index (χ2v) is 3.61. The number of H-pyrrole nitrogens is 1. The van der Waals surface area contributed by atoms with Crippen LogP contribution in [-0.4, -0.2) is 4.98 Å². The minimum absolute atomic E-state index is 0.0591. The van der Waals surface area contributed by atoms with Crippen LogP contribution in [0.5, 0.6) is 0 Å². The van der Waals surface area contributed by atoms with Gasteiger partial charge < -0.3 is 4.98 Å². The molecule has 0 aliphatic carbocycles. The van der Waals surface area contributed by atoms with Gasteiger partial charge in [0.15, 0.2) is 0 Å². The zero-order chi connectivity index (χ0) is 10.3. The van der Waals surface area contributed by atoms with E-state index in [1.807, 2.05) is 48.5 Å². The molecule has 4 aromatic heterocycles. The number of aromatic nitrogens is 1. The van der Waals surface area contributed by atoms with Crippen molar-refractivity contribution in [3.05, 3.63) is 58.9 Å². The van der Waals surface area contributed by atoms with Crippen molar-refractivity contribution < 1.29 is 0 Å². The third-order valence-corrected chi connectivity index (χ3v) is 2.62. The van der Waals surface area contributed by atoms with Gasteiger partial charge in [-0.2, -0.15) is 0 Å². The molecule has 4 heterocycles. The first-order valence-corrected chi connectivity index (χ1v) is 4.85. The van der Waals surface area contributed by atoms with E-state index in [0.717, 1.165) is 10.9 Å². The van der Waals surface area contributed by atoms with Gasteiger partial charge in [0.05, 0.1) is 0 Å².